The first-order valence-electron chi connectivity index (χ1n) is 5.87. The average Bonchev–Trinajstić information content (AvgIpc) is 2.86. The van der Waals surface area contributed by atoms with Crippen LogP contribution < -0.4 is 5.32 Å². The summed E-state index contributed by atoms with van der Waals surface area (Å²) in [7, 11) is 0. The van der Waals surface area contributed by atoms with Gasteiger partial charge in [-0.2, -0.15) is 0 Å². The lowest BCUT2D eigenvalue weighted by molar-refractivity contribution is -0.138. The van der Waals surface area contributed by atoms with Crippen LogP contribution in [0.5, 0.6) is 0 Å². The highest BCUT2D eigenvalue weighted by molar-refractivity contribution is 6.09. The van der Waals surface area contributed by atoms with Crippen molar-refractivity contribution in [1.29, 1.82) is 0 Å². The van der Waals surface area contributed by atoms with Crippen LogP contribution in [0, 0.1) is 0 Å². The number of nitrogens with one attached hydrogen (secondary N) is 2. The van der Waals surface area contributed by atoms with Gasteiger partial charge in [-0.25, -0.2) is 9.78 Å². The highest BCUT2D eigenvalue weighted by atomic mass is 16.4. The normalized spacial score (nSPS) is 18.9. The predicted molar refractivity (Wildman–Crippen MR) is 63.8 cm³/mol. The van der Waals surface area contributed by atoms with Gasteiger partial charge in [0.2, 0.25) is 11.8 Å². The van der Waals surface area contributed by atoms with Crippen molar-refractivity contribution in [3.63, 3.8) is 0 Å². The van der Waals surface area contributed by atoms with Gasteiger partial charge in [-0.3, -0.25) is 19.7 Å². The van der Waals surface area contributed by atoms with E-state index in [9.17, 15) is 19.2 Å². The monoisotopic (exact) mass is 280 g/mol. The van der Waals surface area contributed by atoms with E-state index in [1.54, 1.807) is 6.92 Å². The lowest BCUT2D eigenvalue weighted by Crippen LogP contribution is -2.59. The summed E-state index contributed by atoms with van der Waals surface area (Å²) in [6, 6.07) is -0.821. The number of piperazine rings is 1. The van der Waals surface area contributed by atoms with Crippen molar-refractivity contribution in [3.8, 4) is 0 Å². The molecule has 3 amide bonds. The van der Waals surface area contributed by atoms with Gasteiger partial charge in [-0.15, -0.1) is 0 Å². The first kappa shape index (κ1) is 13.7. The molecule has 0 saturated carbocycles. The Labute approximate surface area is 113 Å². The zero-order valence-corrected chi connectivity index (χ0v) is 10.5. The molecule has 2 heterocycles. The van der Waals surface area contributed by atoms with E-state index in [1.165, 1.54) is 0 Å². The van der Waals surface area contributed by atoms with E-state index < -0.39 is 29.7 Å². The number of carboxylic acids is 1. The Kier molecular flexibility index (Phi) is 3.51. The van der Waals surface area contributed by atoms with E-state index in [0.29, 0.717) is 6.42 Å². The summed E-state index contributed by atoms with van der Waals surface area (Å²) in [6.45, 7) is 1.37. The number of carboxylic acid groups (broad SMARTS) is 1. The molecular weight excluding hydrogens is 268 g/mol. The van der Waals surface area contributed by atoms with Crippen molar-refractivity contribution >= 4 is 23.7 Å². The number of hydrogen-bond acceptors (Lipinski definition) is 5. The molecule has 1 atom stereocenters. The summed E-state index contributed by atoms with van der Waals surface area (Å²) in [4.78, 5) is 53.3. The second-order valence-corrected chi connectivity index (χ2v) is 4.20. The van der Waals surface area contributed by atoms with Crippen molar-refractivity contribution in [3.05, 3.63) is 17.7 Å². The molecule has 1 fully saturated rings. The molecule has 1 aromatic rings. The van der Waals surface area contributed by atoms with Crippen LogP contribution in [-0.2, 0) is 9.59 Å². The second kappa shape index (κ2) is 5.11. The number of imide groups is 1. The summed E-state index contributed by atoms with van der Waals surface area (Å²) < 4.78 is 0. The minimum Gasteiger partial charge on any atom is -0.477 e. The van der Waals surface area contributed by atoms with E-state index in [-0.39, 0.29) is 17.9 Å². The van der Waals surface area contributed by atoms with Gasteiger partial charge < -0.3 is 15.0 Å². The topological polar surface area (TPSA) is 132 Å². The summed E-state index contributed by atoms with van der Waals surface area (Å²) >= 11 is 0. The predicted octanol–water partition coefficient (Wildman–Crippen LogP) is -1.01. The molecule has 2 rings (SSSR count). The maximum absolute atomic E-state index is 12.3. The summed E-state index contributed by atoms with van der Waals surface area (Å²) in [5, 5.41) is 11.1. The standard InChI is InChI=1S/C11H12N4O5/c1-2-5-9(17)14-6(16)3-15(5)10(18)7-8(11(19)20)13-4-12-7/h4-5H,2-3H2,1H3,(H,12,13)(H,19,20)(H,14,16,17). The number of rotatable bonds is 3. The van der Waals surface area contributed by atoms with Gasteiger partial charge in [0.1, 0.15) is 12.6 Å². The maximum Gasteiger partial charge on any atom is 0.354 e. The Morgan fingerprint density at radius 1 is 1.50 bits per heavy atom. The number of carbonyl (C=O) groups is 4. The number of hydrogen-bond donors (Lipinski definition) is 3. The van der Waals surface area contributed by atoms with Crippen LogP contribution in [0.4, 0.5) is 0 Å². The van der Waals surface area contributed by atoms with Gasteiger partial charge in [-0.05, 0) is 6.42 Å². The number of aromatic carboxylic acids is 1. The summed E-state index contributed by atoms with van der Waals surface area (Å²) in [6.07, 6.45) is 1.38. The summed E-state index contributed by atoms with van der Waals surface area (Å²) in [5.41, 5.74) is -0.693. The Bertz CT molecular complexity index is 593. The number of H-pyrrole nitrogens is 1. The molecule has 1 aliphatic heterocycles. The third-order valence-electron chi connectivity index (χ3n) is 2.96. The quantitative estimate of drug-likeness (QED) is 0.607. The molecule has 106 valence electrons. The van der Waals surface area contributed by atoms with Gasteiger partial charge in [0, 0.05) is 0 Å². The number of amides is 3. The Balaban J connectivity index is 2.35. The van der Waals surface area contributed by atoms with Crippen molar-refractivity contribution in [2.45, 2.75) is 19.4 Å². The van der Waals surface area contributed by atoms with Crippen LogP contribution >= 0.6 is 0 Å². The van der Waals surface area contributed by atoms with E-state index in [2.05, 4.69) is 15.3 Å². The van der Waals surface area contributed by atoms with Crippen molar-refractivity contribution in [1.82, 2.24) is 20.2 Å². The average molecular weight is 280 g/mol. The fourth-order valence-corrected chi connectivity index (χ4v) is 2.04. The molecule has 0 bridgehead atoms. The number of nitrogens with zero attached hydrogens (tertiary/aromatic N) is 2. The van der Waals surface area contributed by atoms with Gasteiger partial charge in [0.25, 0.3) is 5.91 Å². The van der Waals surface area contributed by atoms with Crippen LogP contribution in [-0.4, -0.2) is 56.3 Å². The lowest BCUT2D eigenvalue weighted by atomic mass is 10.1. The number of carbonyl (C=O) groups excluding carboxylic acids is 3. The number of aromatic amines is 1. The largest absolute Gasteiger partial charge is 0.477 e. The van der Waals surface area contributed by atoms with Gasteiger partial charge >= 0.3 is 5.97 Å². The second-order valence-electron chi connectivity index (χ2n) is 4.20. The Morgan fingerprint density at radius 3 is 2.80 bits per heavy atom. The van der Waals surface area contributed by atoms with E-state index in [4.69, 9.17) is 5.11 Å². The van der Waals surface area contributed by atoms with Gasteiger partial charge in [0.05, 0.1) is 6.33 Å². The molecule has 0 aliphatic carbocycles. The number of aromatic nitrogens is 2. The molecule has 1 saturated heterocycles. The molecule has 9 heteroatoms. The van der Waals surface area contributed by atoms with Crippen LogP contribution in [0.2, 0.25) is 0 Å². The molecule has 1 aliphatic rings. The minimum atomic E-state index is -1.34. The van der Waals surface area contributed by atoms with Crippen LogP contribution in [0.3, 0.4) is 0 Å². The molecule has 0 aromatic carbocycles. The molecule has 0 spiro atoms. The fraction of sp³-hybridized carbons (Fsp3) is 0.364. The molecular formula is C11H12N4O5. The molecule has 9 nitrogen and oxygen atoms in total. The van der Waals surface area contributed by atoms with E-state index >= 15 is 0 Å². The third-order valence-corrected chi connectivity index (χ3v) is 2.96. The fourth-order valence-electron chi connectivity index (χ4n) is 2.04. The van der Waals surface area contributed by atoms with Crippen LogP contribution in [0.15, 0.2) is 6.33 Å². The highest BCUT2D eigenvalue weighted by Crippen LogP contribution is 2.15. The van der Waals surface area contributed by atoms with Crippen LogP contribution in [0.25, 0.3) is 0 Å². The first-order chi connectivity index (χ1) is 9.45. The third kappa shape index (κ3) is 2.25. The van der Waals surface area contributed by atoms with E-state index in [0.717, 1.165) is 11.2 Å². The maximum atomic E-state index is 12.3. The van der Waals surface area contributed by atoms with Gasteiger partial charge in [-0.1, -0.05) is 6.92 Å². The first-order valence-corrected chi connectivity index (χ1v) is 5.87. The molecule has 3 N–H and O–H groups in total. The Hall–Kier alpha value is -2.71. The highest BCUT2D eigenvalue weighted by Gasteiger charge is 2.37. The van der Waals surface area contributed by atoms with Gasteiger partial charge in [0.15, 0.2) is 11.4 Å². The Morgan fingerprint density at radius 2 is 2.20 bits per heavy atom. The number of imidazole rings is 1. The molecule has 20 heavy (non-hydrogen) atoms. The van der Waals surface area contributed by atoms with Crippen molar-refractivity contribution in [2.24, 2.45) is 0 Å². The van der Waals surface area contributed by atoms with Crippen LogP contribution in [0.1, 0.15) is 34.3 Å². The molecule has 1 unspecified atom stereocenters. The zero-order chi connectivity index (χ0) is 14.9. The summed E-state index contributed by atoms with van der Waals surface area (Å²) in [5.74, 6) is -3.30. The molecule has 0 radical (unpaired) electrons. The van der Waals surface area contributed by atoms with E-state index in [1.807, 2.05) is 0 Å². The van der Waals surface area contributed by atoms with Crippen molar-refractivity contribution < 1.29 is 24.3 Å². The SMILES string of the molecule is CCC1C(=O)NC(=O)CN1C(=O)c1nc[nH]c1C(=O)O. The minimum absolute atomic E-state index is 0.303. The smallest absolute Gasteiger partial charge is 0.354 e. The lowest BCUT2D eigenvalue weighted by Gasteiger charge is -2.32. The van der Waals surface area contributed by atoms with Crippen molar-refractivity contribution in [2.75, 3.05) is 6.54 Å². The zero-order valence-electron chi connectivity index (χ0n) is 10.5. The molecule has 1 aromatic heterocycles.